The van der Waals surface area contributed by atoms with Crippen LogP contribution in [0.15, 0.2) is 0 Å². The fraction of sp³-hybridized carbons (Fsp3) is 0.600. The Morgan fingerprint density at radius 2 is 1.24 bits per heavy atom. The van der Waals surface area contributed by atoms with Gasteiger partial charge in [0.2, 0.25) is 18.2 Å². The predicted octanol–water partition coefficient (Wildman–Crippen LogP) is -2.58. The molecule has 0 aliphatic heterocycles. The summed E-state index contributed by atoms with van der Waals surface area (Å²) in [6.07, 6.45) is -3.60. The topological polar surface area (TPSA) is 165 Å². The fourth-order valence-corrected chi connectivity index (χ4v) is 1.43. The molecule has 0 unspecified atom stereocenters. The van der Waals surface area contributed by atoms with Gasteiger partial charge in [-0.3, -0.25) is 29.0 Å². The van der Waals surface area contributed by atoms with E-state index < -0.39 is 56.4 Å². The van der Waals surface area contributed by atoms with Gasteiger partial charge >= 0.3 is 11.9 Å². The lowest BCUT2D eigenvalue weighted by atomic mass is 10.3. The van der Waals surface area contributed by atoms with E-state index in [1.54, 1.807) is 0 Å². The lowest BCUT2D eigenvalue weighted by molar-refractivity contribution is -0.194. The van der Waals surface area contributed by atoms with Crippen molar-refractivity contribution in [3.63, 3.8) is 0 Å². The van der Waals surface area contributed by atoms with Crippen molar-refractivity contribution in [2.45, 2.75) is 19.2 Å². The number of rotatable bonds is 9. The van der Waals surface area contributed by atoms with E-state index in [-0.39, 0.29) is 0 Å². The zero-order valence-corrected chi connectivity index (χ0v) is 11.1. The minimum absolute atomic E-state index is 0.462. The van der Waals surface area contributed by atoms with Crippen LogP contribution in [0.4, 0.5) is 0 Å². The quantitative estimate of drug-likeness (QED) is 0.264. The third kappa shape index (κ3) is 5.72. The number of methoxy groups -OCH3 is 1. The zero-order chi connectivity index (χ0) is 16.6. The first kappa shape index (κ1) is 18.8. The van der Waals surface area contributed by atoms with Crippen molar-refractivity contribution in [1.82, 2.24) is 9.80 Å². The van der Waals surface area contributed by atoms with Crippen LogP contribution in [0.5, 0.6) is 0 Å². The Balaban J connectivity index is 5.20. The van der Waals surface area contributed by atoms with Crippen LogP contribution in [-0.4, -0.2) is 80.9 Å². The van der Waals surface area contributed by atoms with Crippen molar-refractivity contribution in [3.8, 4) is 0 Å². The summed E-state index contributed by atoms with van der Waals surface area (Å²) in [4.78, 5) is 45.1. The number of carbonyl (C=O) groups is 4. The molecule has 0 radical (unpaired) electrons. The molecule has 0 spiro atoms. The van der Waals surface area contributed by atoms with Crippen molar-refractivity contribution in [2.24, 2.45) is 0 Å². The van der Waals surface area contributed by atoms with Gasteiger partial charge in [0.1, 0.15) is 26.3 Å². The Bertz CT molecular complexity index is 375. The van der Waals surface area contributed by atoms with Gasteiger partial charge in [-0.2, -0.15) is 0 Å². The maximum absolute atomic E-state index is 11.6. The van der Waals surface area contributed by atoms with Gasteiger partial charge in [0, 0.05) is 7.11 Å². The summed E-state index contributed by atoms with van der Waals surface area (Å²) in [5.74, 6) is -5.11. The number of hydrogen-bond acceptors (Lipinski definition) is 7. The summed E-state index contributed by atoms with van der Waals surface area (Å²) >= 11 is 0. The Kier molecular flexibility index (Phi) is 7.89. The molecule has 4 N–H and O–H groups in total. The predicted molar refractivity (Wildman–Crippen MR) is 63.2 cm³/mol. The molecule has 0 aromatic carbocycles. The van der Waals surface area contributed by atoms with Crippen LogP contribution in [0, 0.1) is 0 Å². The Labute approximate surface area is 118 Å². The van der Waals surface area contributed by atoms with Crippen molar-refractivity contribution in [1.29, 1.82) is 0 Å². The first-order chi connectivity index (χ1) is 9.78. The highest BCUT2D eigenvalue weighted by atomic mass is 16.5. The van der Waals surface area contributed by atoms with Crippen molar-refractivity contribution in [2.75, 3.05) is 20.6 Å². The van der Waals surface area contributed by atoms with Gasteiger partial charge < -0.3 is 25.2 Å². The molecular formula is C10H16N2O9. The Morgan fingerprint density at radius 3 is 1.43 bits per heavy atom. The third-order valence-corrected chi connectivity index (χ3v) is 2.29. The zero-order valence-electron chi connectivity index (χ0n) is 11.1. The number of amides is 2. The van der Waals surface area contributed by atoms with E-state index in [4.69, 9.17) is 25.2 Å². The van der Waals surface area contributed by atoms with Crippen LogP contribution in [0.3, 0.4) is 0 Å². The number of carboxylic acids is 2. The summed E-state index contributed by atoms with van der Waals surface area (Å²) < 4.78 is 4.77. The molecule has 0 aromatic rings. The van der Waals surface area contributed by atoms with Crippen molar-refractivity contribution >= 4 is 23.8 Å². The molecule has 0 aromatic heterocycles. The van der Waals surface area contributed by atoms with Gasteiger partial charge in [-0.05, 0) is 0 Å². The highest BCUT2D eigenvalue weighted by molar-refractivity contribution is 5.95. The van der Waals surface area contributed by atoms with E-state index in [2.05, 4.69) is 0 Å². The number of carbonyl (C=O) groups excluding carboxylic acids is 2. The monoisotopic (exact) mass is 308 g/mol. The minimum atomic E-state index is -1.64. The average molecular weight is 308 g/mol. The third-order valence-electron chi connectivity index (χ3n) is 2.29. The van der Waals surface area contributed by atoms with E-state index in [1.165, 1.54) is 0 Å². The molecule has 0 aliphatic rings. The van der Waals surface area contributed by atoms with Gasteiger partial charge in [0.25, 0.3) is 0 Å². The number of aliphatic hydroxyl groups is 2. The van der Waals surface area contributed by atoms with Crippen LogP contribution < -0.4 is 0 Å². The van der Waals surface area contributed by atoms with E-state index in [0.29, 0.717) is 9.80 Å². The molecular weight excluding hydrogens is 292 g/mol. The second-order valence-electron chi connectivity index (χ2n) is 3.71. The molecule has 0 rings (SSSR count). The van der Waals surface area contributed by atoms with Gasteiger partial charge in [-0.25, -0.2) is 0 Å². The standard InChI is InChI=1S/C10H16N2O9/c1-21-10(11(4-13)6(15)2-8(17)18)12(5-14)7(16)3-9(19)20/h10,13-14H,2-5H2,1H3,(H,17,18)(H,19,20). The van der Waals surface area contributed by atoms with Crippen molar-refractivity contribution in [3.05, 3.63) is 0 Å². The minimum Gasteiger partial charge on any atom is -0.481 e. The SMILES string of the molecule is COC(N(CO)C(=O)CC(=O)O)N(CO)C(=O)CC(=O)O. The van der Waals surface area contributed by atoms with Crippen molar-refractivity contribution < 1.29 is 44.3 Å². The lowest BCUT2D eigenvalue weighted by Crippen LogP contribution is -2.55. The molecule has 0 atom stereocenters. The van der Waals surface area contributed by atoms with Gasteiger partial charge in [0.05, 0.1) is 0 Å². The Morgan fingerprint density at radius 1 is 0.905 bits per heavy atom. The maximum atomic E-state index is 11.6. The lowest BCUT2D eigenvalue weighted by Gasteiger charge is -2.35. The number of aliphatic hydroxyl groups excluding tert-OH is 2. The number of nitrogens with zero attached hydrogens (tertiary/aromatic N) is 2. The number of aliphatic carboxylic acids is 2. The summed E-state index contributed by atoms with van der Waals surface area (Å²) in [5, 5.41) is 35.3. The molecule has 11 heteroatoms. The molecule has 0 aliphatic carbocycles. The molecule has 0 saturated heterocycles. The smallest absolute Gasteiger partial charge is 0.312 e. The molecule has 2 amide bonds. The van der Waals surface area contributed by atoms with E-state index in [0.717, 1.165) is 7.11 Å². The van der Waals surface area contributed by atoms with Crippen LogP contribution in [0.1, 0.15) is 12.8 Å². The molecule has 120 valence electrons. The number of hydrogen-bond donors (Lipinski definition) is 4. The van der Waals surface area contributed by atoms with Crippen LogP contribution in [0.2, 0.25) is 0 Å². The largest absolute Gasteiger partial charge is 0.481 e. The highest BCUT2D eigenvalue weighted by Gasteiger charge is 2.32. The molecule has 0 saturated carbocycles. The van der Waals surface area contributed by atoms with Crippen LogP contribution in [0.25, 0.3) is 0 Å². The summed E-state index contributed by atoms with van der Waals surface area (Å²) in [7, 11) is 1.03. The Hall–Kier alpha value is -2.24. The van der Waals surface area contributed by atoms with Crippen LogP contribution >= 0.6 is 0 Å². The summed E-state index contributed by atoms with van der Waals surface area (Å²) in [5.41, 5.74) is 0. The summed E-state index contributed by atoms with van der Waals surface area (Å²) in [6.45, 7) is -2.00. The molecule has 11 nitrogen and oxygen atoms in total. The molecule has 21 heavy (non-hydrogen) atoms. The van der Waals surface area contributed by atoms with Gasteiger partial charge in [-0.15, -0.1) is 0 Å². The maximum Gasteiger partial charge on any atom is 0.312 e. The molecule has 0 fully saturated rings. The number of carboxylic acid groups (broad SMARTS) is 2. The van der Waals surface area contributed by atoms with E-state index >= 15 is 0 Å². The van der Waals surface area contributed by atoms with Gasteiger partial charge in [0.15, 0.2) is 0 Å². The summed E-state index contributed by atoms with van der Waals surface area (Å²) in [6, 6.07) is 0. The average Bonchev–Trinajstić information content (AvgIpc) is 2.36. The first-order valence-electron chi connectivity index (χ1n) is 5.55. The highest BCUT2D eigenvalue weighted by Crippen LogP contribution is 2.10. The second-order valence-corrected chi connectivity index (χ2v) is 3.71. The van der Waals surface area contributed by atoms with E-state index in [1.807, 2.05) is 0 Å². The number of ether oxygens (including phenoxy) is 1. The molecule has 0 bridgehead atoms. The van der Waals surface area contributed by atoms with Crippen LogP contribution in [-0.2, 0) is 23.9 Å². The normalized spacial score (nSPS) is 10.3. The van der Waals surface area contributed by atoms with E-state index in [9.17, 15) is 19.2 Å². The fourth-order valence-electron chi connectivity index (χ4n) is 1.43. The molecule has 0 heterocycles. The second kappa shape index (κ2) is 8.84. The van der Waals surface area contributed by atoms with Gasteiger partial charge in [-0.1, -0.05) is 0 Å². The first-order valence-corrected chi connectivity index (χ1v) is 5.55.